The Labute approximate surface area is 231 Å². The van der Waals surface area contributed by atoms with Gasteiger partial charge in [0.25, 0.3) is 0 Å². The molecule has 2 fully saturated rings. The molecule has 8 nitrogen and oxygen atoms in total. The van der Waals surface area contributed by atoms with E-state index in [-0.39, 0.29) is 29.8 Å². The predicted molar refractivity (Wildman–Crippen MR) is 153 cm³/mol. The zero-order valence-corrected chi connectivity index (χ0v) is 25.4. The van der Waals surface area contributed by atoms with Crippen LogP contribution >= 0.6 is 0 Å². The van der Waals surface area contributed by atoms with E-state index < -0.39 is 10.0 Å². The fraction of sp³-hybridized carbons (Fsp3) is 0.759. The van der Waals surface area contributed by atoms with Crippen LogP contribution in [0.25, 0.3) is 0 Å². The number of carbonyl (C=O) groups is 1. The van der Waals surface area contributed by atoms with E-state index in [9.17, 15) is 13.2 Å². The van der Waals surface area contributed by atoms with Gasteiger partial charge in [0.05, 0.1) is 12.0 Å². The van der Waals surface area contributed by atoms with Gasteiger partial charge in [0, 0.05) is 44.7 Å². The normalized spacial score (nSPS) is 21.8. The van der Waals surface area contributed by atoms with Gasteiger partial charge in [-0.1, -0.05) is 0 Å². The van der Waals surface area contributed by atoms with E-state index in [4.69, 9.17) is 4.74 Å². The van der Waals surface area contributed by atoms with Crippen LogP contribution in [-0.2, 0) is 14.8 Å². The first kappa shape index (κ1) is 30.9. The number of nitrogens with zero attached hydrogens (tertiary/aromatic N) is 3. The lowest BCUT2D eigenvalue weighted by Gasteiger charge is -2.41. The number of carbonyl (C=O) groups excluding carboxylic acids is 1. The summed E-state index contributed by atoms with van der Waals surface area (Å²) in [4.78, 5) is 18.1. The Balaban J connectivity index is 1.41. The predicted octanol–water partition coefficient (Wildman–Crippen LogP) is 3.80. The fourth-order valence-corrected chi connectivity index (χ4v) is 7.55. The number of benzene rings is 1. The molecule has 3 rings (SSSR count). The van der Waals surface area contributed by atoms with Gasteiger partial charge in [-0.3, -0.25) is 4.79 Å². The lowest BCUT2D eigenvalue weighted by Crippen LogP contribution is -2.47. The average molecular weight is 551 g/mol. The number of ether oxygens (including phenoxy) is 1. The molecule has 1 aliphatic heterocycles. The van der Waals surface area contributed by atoms with Crippen LogP contribution < -0.4 is 10.1 Å². The number of methoxy groups -OCH3 is 1. The summed E-state index contributed by atoms with van der Waals surface area (Å²) in [6.45, 7) is 11.8. The lowest BCUT2D eigenvalue weighted by atomic mass is 9.87. The Morgan fingerprint density at radius 3 is 2.16 bits per heavy atom. The number of rotatable bonds is 11. The number of nitrogens with one attached hydrogen (secondary N) is 1. The summed E-state index contributed by atoms with van der Waals surface area (Å²) in [5.74, 6) is 1.36. The van der Waals surface area contributed by atoms with Crippen molar-refractivity contribution in [3.8, 4) is 5.75 Å². The molecule has 1 aromatic rings. The number of piperidine rings is 1. The van der Waals surface area contributed by atoms with Gasteiger partial charge in [-0.25, -0.2) is 12.7 Å². The number of sulfonamides is 1. The van der Waals surface area contributed by atoms with Gasteiger partial charge in [0.2, 0.25) is 15.9 Å². The molecule has 1 N–H and O–H groups in total. The van der Waals surface area contributed by atoms with E-state index >= 15 is 0 Å². The van der Waals surface area contributed by atoms with Gasteiger partial charge in [-0.15, -0.1) is 0 Å². The molecule has 0 spiro atoms. The number of hydrogen-bond donors (Lipinski definition) is 1. The van der Waals surface area contributed by atoms with Gasteiger partial charge in [0.15, 0.2) is 0 Å². The summed E-state index contributed by atoms with van der Waals surface area (Å²) >= 11 is 0. The molecule has 0 aromatic heterocycles. The molecule has 1 aromatic carbocycles. The highest BCUT2D eigenvalue weighted by Crippen LogP contribution is 2.29. The molecule has 1 saturated heterocycles. The van der Waals surface area contributed by atoms with Gasteiger partial charge < -0.3 is 19.9 Å². The molecule has 38 heavy (non-hydrogen) atoms. The molecule has 216 valence electrons. The van der Waals surface area contributed by atoms with Crippen molar-refractivity contribution in [3.63, 3.8) is 0 Å². The van der Waals surface area contributed by atoms with E-state index in [1.807, 2.05) is 0 Å². The van der Waals surface area contributed by atoms with Gasteiger partial charge >= 0.3 is 0 Å². The summed E-state index contributed by atoms with van der Waals surface area (Å²) in [5.41, 5.74) is 1.28. The second kappa shape index (κ2) is 13.6. The third-order valence-corrected chi connectivity index (χ3v) is 10.8. The maximum absolute atomic E-state index is 13.2. The number of likely N-dealkylation sites (tertiary alicyclic amines) is 1. The van der Waals surface area contributed by atoms with Crippen LogP contribution in [0.4, 0.5) is 0 Å². The minimum Gasteiger partial charge on any atom is -0.497 e. The van der Waals surface area contributed by atoms with Gasteiger partial charge in [0.1, 0.15) is 5.75 Å². The highest BCUT2D eigenvalue weighted by Gasteiger charge is 2.30. The van der Waals surface area contributed by atoms with Crippen LogP contribution in [-0.4, -0.2) is 93.9 Å². The Hall–Kier alpha value is -1.68. The number of aryl methyl sites for hydroxylation is 2. The van der Waals surface area contributed by atoms with Crippen molar-refractivity contribution < 1.29 is 17.9 Å². The molecule has 1 saturated carbocycles. The zero-order valence-electron chi connectivity index (χ0n) is 24.6. The molecule has 2 aliphatic rings. The summed E-state index contributed by atoms with van der Waals surface area (Å²) < 4.78 is 33.0. The van der Waals surface area contributed by atoms with Crippen LogP contribution in [0.2, 0.25) is 0 Å². The van der Waals surface area contributed by atoms with Crippen molar-refractivity contribution in [3.05, 3.63) is 23.3 Å². The Morgan fingerprint density at radius 2 is 1.63 bits per heavy atom. The quantitative estimate of drug-likeness (QED) is 0.451. The molecule has 1 heterocycles. The van der Waals surface area contributed by atoms with Gasteiger partial charge in [-0.05, 0) is 116 Å². The Morgan fingerprint density at radius 1 is 1.05 bits per heavy atom. The van der Waals surface area contributed by atoms with E-state index in [0.717, 1.165) is 31.6 Å². The first-order chi connectivity index (χ1) is 17.9. The standard InChI is InChI=1S/C29H50N4O4S/c1-21(2)31(5)20-24-12-16-33(17-13-24)26-10-8-25(9-11-26)30-28(34)14-15-32(6)38(35,36)29-22(3)18-27(37-7)19-23(29)4/h18-19,21,24-26H,8-17,20H2,1-7H3,(H,30,34). The van der Waals surface area contributed by atoms with Crippen molar-refractivity contribution in [2.75, 3.05) is 47.4 Å². The minimum atomic E-state index is -3.70. The SMILES string of the molecule is COc1cc(C)c(S(=O)(=O)N(C)CCC(=O)NC2CCC(N3CCC(CN(C)C(C)C)CC3)CC2)c(C)c1. The van der Waals surface area contributed by atoms with E-state index in [1.54, 1.807) is 40.1 Å². The van der Waals surface area contributed by atoms with Crippen molar-refractivity contribution in [1.82, 2.24) is 19.4 Å². The maximum atomic E-state index is 13.2. The molecule has 0 atom stereocenters. The largest absolute Gasteiger partial charge is 0.497 e. The molecular weight excluding hydrogens is 500 g/mol. The van der Waals surface area contributed by atoms with Crippen LogP contribution in [0.15, 0.2) is 17.0 Å². The lowest BCUT2D eigenvalue weighted by molar-refractivity contribution is -0.122. The van der Waals surface area contributed by atoms with Crippen molar-refractivity contribution >= 4 is 15.9 Å². The molecular formula is C29H50N4O4S. The molecule has 1 amide bonds. The Bertz CT molecular complexity index is 1010. The second-order valence-corrected chi connectivity index (χ2v) is 13.7. The van der Waals surface area contributed by atoms with Crippen molar-refractivity contribution in [2.45, 2.75) is 95.7 Å². The molecule has 0 unspecified atom stereocenters. The third-order valence-electron chi connectivity index (χ3n) is 8.65. The van der Waals surface area contributed by atoms with E-state index in [0.29, 0.717) is 29.0 Å². The topological polar surface area (TPSA) is 82.2 Å². The van der Waals surface area contributed by atoms with Crippen molar-refractivity contribution in [2.24, 2.45) is 5.92 Å². The smallest absolute Gasteiger partial charge is 0.243 e. The summed E-state index contributed by atoms with van der Waals surface area (Å²) in [6.07, 6.45) is 6.93. The maximum Gasteiger partial charge on any atom is 0.243 e. The van der Waals surface area contributed by atoms with Crippen LogP contribution in [0, 0.1) is 19.8 Å². The van der Waals surface area contributed by atoms with E-state index in [2.05, 4.69) is 36.0 Å². The first-order valence-electron chi connectivity index (χ1n) is 14.3. The summed E-state index contributed by atoms with van der Waals surface area (Å²) in [7, 11) is 1.64. The first-order valence-corrected chi connectivity index (χ1v) is 15.7. The number of amides is 1. The number of hydrogen-bond acceptors (Lipinski definition) is 6. The van der Waals surface area contributed by atoms with E-state index in [1.165, 1.54) is 36.8 Å². The third kappa shape index (κ3) is 7.93. The minimum absolute atomic E-state index is 0.0752. The zero-order chi connectivity index (χ0) is 28.0. The highest BCUT2D eigenvalue weighted by molar-refractivity contribution is 7.89. The monoisotopic (exact) mass is 550 g/mol. The summed E-state index contributed by atoms with van der Waals surface area (Å²) in [5, 5.41) is 3.16. The molecule has 1 aliphatic carbocycles. The van der Waals surface area contributed by atoms with Crippen LogP contribution in [0.5, 0.6) is 5.75 Å². The molecule has 9 heteroatoms. The molecule has 0 radical (unpaired) electrons. The summed E-state index contributed by atoms with van der Waals surface area (Å²) in [6, 6.07) is 4.86. The Kier molecular flexibility index (Phi) is 11.0. The van der Waals surface area contributed by atoms with Gasteiger partial charge in [-0.2, -0.15) is 0 Å². The van der Waals surface area contributed by atoms with Crippen molar-refractivity contribution in [1.29, 1.82) is 0 Å². The van der Waals surface area contributed by atoms with Crippen LogP contribution in [0.3, 0.4) is 0 Å². The second-order valence-electron chi connectivity index (χ2n) is 11.8. The fourth-order valence-electron chi connectivity index (χ4n) is 5.97. The van der Waals surface area contributed by atoms with Crippen LogP contribution in [0.1, 0.15) is 69.9 Å². The molecule has 0 bridgehead atoms. The highest BCUT2D eigenvalue weighted by atomic mass is 32.2. The average Bonchev–Trinajstić information content (AvgIpc) is 2.87.